The van der Waals surface area contributed by atoms with E-state index < -0.39 is 0 Å². The molecule has 1 aromatic rings. The summed E-state index contributed by atoms with van der Waals surface area (Å²) in [5.74, 6) is 0.904. The van der Waals surface area contributed by atoms with Crippen molar-refractivity contribution in [3.63, 3.8) is 0 Å². The van der Waals surface area contributed by atoms with Gasteiger partial charge < -0.3 is 24.6 Å². The minimum Gasteiger partial charge on any atom is -0.507 e. The molecular formula is C17H23NO5. The number of hydrogen-bond donors (Lipinski definition) is 2. The second-order valence-corrected chi connectivity index (χ2v) is 5.58. The van der Waals surface area contributed by atoms with E-state index in [1.54, 1.807) is 6.07 Å². The lowest BCUT2D eigenvalue weighted by Crippen LogP contribution is -2.32. The largest absolute Gasteiger partial charge is 0.507 e. The number of aliphatic hydroxyl groups excluding tert-OH is 1. The molecule has 1 aromatic carbocycles. The van der Waals surface area contributed by atoms with E-state index in [4.69, 9.17) is 9.47 Å². The van der Waals surface area contributed by atoms with Crippen molar-refractivity contribution in [2.24, 2.45) is 0 Å². The summed E-state index contributed by atoms with van der Waals surface area (Å²) in [6.45, 7) is 0.819. The molecule has 6 heteroatoms. The van der Waals surface area contributed by atoms with Crippen LogP contribution in [0.3, 0.4) is 0 Å². The van der Waals surface area contributed by atoms with Crippen molar-refractivity contribution in [2.75, 3.05) is 34.4 Å². The molecule has 6 nitrogen and oxygen atoms in total. The van der Waals surface area contributed by atoms with Gasteiger partial charge in [0.05, 0.1) is 26.4 Å². The number of carbonyl (C=O) groups is 1. The number of aromatic hydroxyl groups is 1. The summed E-state index contributed by atoms with van der Waals surface area (Å²) >= 11 is 0. The summed E-state index contributed by atoms with van der Waals surface area (Å²) in [7, 11) is 4.97. The molecule has 2 atom stereocenters. The maximum Gasteiger partial charge on any atom is 0.142 e. The normalized spacial score (nSPS) is 21.7. The number of aliphatic hydroxyl groups is 1. The fourth-order valence-electron chi connectivity index (χ4n) is 3.26. The first-order valence-electron chi connectivity index (χ1n) is 7.49. The van der Waals surface area contributed by atoms with Crippen molar-refractivity contribution < 1.29 is 24.5 Å². The Morgan fingerprint density at radius 1 is 1.35 bits per heavy atom. The molecule has 1 aliphatic rings. The smallest absolute Gasteiger partial charge is 0.142 e. The van der Waals surface area contributed by atoms with Crippen LogP contribution < -0.4 is 9.47 Å². The number of aldehydes is 1. The van der Waals surface area contributed by atoms with Crippen molar-refractivity contribution in [1.29, 1.82) is 0 Å². The second kappa shape index (κ2) is 7.48. The van der Waals surface area contributed by atoms with Gasteiger partial charge in [-0.1, -0.05) is 0 Å². The predicted octanol–water partition coefficient (Wildman–Crippen LogP) is 1.40. The number of likely N-dealkylation sites (tertiary alicyclic amines) is 1. The van der Waals surface area contributed by atoms with Crippen LogP contribution >= 0.6 is 0 Å². The molecule has 1 saturated heterocycles. The van der Waals surface area contributed by atoms with E-state index in [-0.39, 0.29) is 24.3 Å². The van der Waals surface area contributed by atoms with Crippen LogP contribution in [0.15, 0.2) is 12.1 Å². The van der Waals surface area contributed by atoms with E-state index >= 15 is 0 Å². The van der Waals surface area contributed by atoms with Crippen LogP contribution in [0.5, 0.6) is 17.2 Å². The van der Waals surface area contributed by atoms with E-state index in [0.717, 1.165) is 13.0 Å². The summed E-state index contributed by atoms with van der Waals surface area (Å²) in [4.78, 5) is 12.7. The van der Waals surface area contributed by atoms with Gasteiger partial charge in [0.25, 0.3) is 0 Å². The zero-order valence-corrected chi connectivity index (χ0v) is 13.7. The molecule has 0 saturated carbocycles. The van der Waals surface area contributed by atoms with Crippen molar-refractivity contribution in [3.8, 4) is 17.2 Å². The SMILES string of the molecule is COc1cc(OC)c(C2CCN(C)C2CO)c(O)c1C=CC=O. The molecule has 23 heavy (non-hydrogen) atoms. The quantitative estimate of drug-likeness (QED) is 0.609. The van der Waals surface area contributed by atoms with Crippen LogP contribution in [0.1, 0.15) is 23.5 Å². The van der Waals surface area contributed by atoms with Gasteiger partial charge >= 0.3 is 0 Å². The van der Waals surface area contributed by atoms with Crippen molar-refractivity contribution in [2.45, 2.75) is 18.4 Å². The summed E-state index contributed by atoms with van der Waals surface area (Å²) in [5.41, 5.74) is 1.07. The van der Waals surface area contributed by atoms with Crippen LogP contribution in [0.2, 0.25) is 0 Å². The second-order valence-electron chi connectivity index (χ2n) is 5.58. The number of phenols is 1. The van der Waals surface area contributed by atoms with E-state index in [1.165, 1.54) is 26.4 Å². The van der Waals surface area contributed by atoms with E-state index in [2.05, 4.69) is 4.90 Å². The monoisotopic (exact) mass is 321 g/mol. The molecule has 1 aliphatic heterocycles. The third kappa shape index (κ3) is 3.18. The minimum atomic E-state index is -0.0916. The molecule has 0 spiro atoms. The molecule has 0 bridgehead atoms. The van der Waals surface area contributed by atoms with Gasteiger partial charge in [-0.3, -0.25) is 4.79 Å². The Balaban J connectivity index is 2.61. The van der Waals surface area contributed by atoms with Crippen LogP contribution in [-0.2, 0) is 4.79 Å². The standard InChI is InChI=1S/C17H23NO5/c1-18-7-6-11(13(18)10-20)16-15(23-3)9-14(22-2)12(17(16)21)5-4-8-19/h4-5,8-9,11,13,20-21H,6-7,10H2,1-3H3. The number of benzene rings is 1. The lowest BCUT2D eigenvalue weighted by atomic mass is 9.88. The number of methoxy groups -OCH3 is 2. The van der Waals surface area contributed by atoms with Crippen LogP contribution in [0.4, 0.5) is 0 Å². The van der Waals surface area contributed by atoms with E-state index in [1.807, 2.05) is 7.05 Å². The zero-order chi connectivity index (χ0) is 17.0. The Morgan fingerprint density at radius 2 is 2.04 bits per heavy atom. The average Bonchev–Trinajstić information content (AvgIpc) is 2.93. The van der Waals surface area contributed by atoms with Gasteiger partial charge in [0.1, 0.15) is 23.5 Å². The van der Waals surface area contributed by atoms with Crippen LogP contribution in [-0.4, -0.2) is 61.9 Å². The number of hydrogen-bond acceptors (Lipinski definition) is 6. The highest BCUT2D eigenvalue weighted by Crippen LogP contribution is 2.47. The predicted molar refractivity (Wildman–Crippen MR) is 87.2 cm³/mol. The molecular weight excluding hydrogens is 298 g/mol. The van der Waals surface area contributed by atoms with Gasteiger partial charge in [-0.05, 0) is 32.2 Å². The minimum absolute atomic E-state index is 0.00466. The Morgan fingerprint density at radius 3 is 2.61 bits per heavy atom. The topological polar surface area (TPSA) is 79.2 Å². The molecule has 0 radical (unpaired) electrons. The van der Waals surface area contributed by atoms with E-state index in [0.29, 0.717) is 28.9 Å². The highest BCUT2D eigenvalue weighted by atomic mass is 16.5. The first-order chi connectivity index (χ1) is 11.1. The third-order valence-corrected chi connectivity index (χ3v) is 4.47. The number of nitrogens with zero attached hydrogens (tertiary/aromatic N) is 1. The van der Waals surface area contributed by atoms with Crippen molar-refractivity contribution >= 4 is 12.4 Å². The number of allylic oxidation sites excluding steroid dienone is 1. The molecule has 0 aliphatic carbocycles. The summed E-state index contributed by atoms with van der Waals surface area (Å²) < 4.78 is 10.7. The lowest BCUT2D eigenvalue weighted by molar-refractivity contribution is -0.104. The Bertz CT molecular complexity index is 599. The third-order valence-electron chi connectivity index (χ3n) is 4.47. The van der Waals surface area contributed by atoms with Gasteiger partial charge in [-0.25, -0.2) is 0 Å². The first-order valence-corrected chi connectivity index (χ1v) is 7.49. The van der Waals surface area contributed by atoms with Crippen LogP contribution in [0.25, 0.3) is 6.08 Å². The number of phenolic OH excluding ortho intramolecular Hbond substituents is 1. The molecule has 1 fully saturated rings. The fraction of sp³-hybridized carbons (Fsp3) is 0.471. The first kappa shape index (κ1) is 17.3. The number of carbonyl (C=O) groups excluding carboxylic acids is 1. The Labute approximate surface area is 135 Å². The van der Waals surface area contributed by atoms with Gasteiger partial charge in [0.2, 0.25) is 0 Å². The molecule has 2 rings (SSSR count). The summed E-state index contributed by atoms with van der Waals surface area (Å²) in [5, 5.41) is 20.5. The number of likely N-dealkylation sites (N-methyl/N-ethyl adjacent to an activating group) is 1. The highest BCUT2D eigenvalue weighted by molar-refractivity contribution is 5.79. The van der Waals surface area contributed by atoms with E-state index in [9.17, 15) is 15.0 Å². The average molecular weight is 321 g/mol. The molecule has 1 heterocycles. The Kier molecular flexibility index (Phi) is 5.63. The Hall–Kier alpha value is -2.05. The number of rotatable bonds is 6. The molecule has 126 valence electrons. The summed E-state index contributed by atoms with van der Waals surface area (Å²) in [6.07, 6.45) is 4.26. The zero-order valence-electron chi connectivity index (χ0n) is 13.7. The summed E-state index contributed by atoms with van der Waals surface area (Å²) in [6, 6.07) is 1.61. The van der Waals surface area contributed by atoms with Gasteiger partial charge in [-0.2, -0.15) is 0 Å². The highest BCUT2D eigenvalue weighted by Gasteiger charge is 2.36. The molecule has 0 aromatic heterocycles. The van der Waals surface area contributed by atoms with Gasteiger partial charge in [0.15, 0.2) is 0 Å². The van der Waals surface area contributed by atoms with Crippen LogP contribution in [0, 0.1) is 0 Å². The fourth-order valence-corrected chi connectivity index (χ4v) is 3.26. The molecule has 0 amide bonds. The van der Waals surface area contributed by atoms with Crippen molar-refractivity contribution in [1.82, 2.24) is 4.90 Å². The number of ether oxygens (including phenoxy) is 2. The maximum absolute atomic E-state index is 10.8. The van der Waals surface area contributed by atoms with Gasteiger partial charge in [0, 0.05) is 23.6 Å². The maximum atomic E-state index is 10.8. The van der Waals surface area contributed by atoms with Crippen molar-refractivity contribution in [3.05, 3.63) is 23.3 Å². The lowest BCUT2D eigenvalue weighted by Gasteiger charge is -2.26. The molecule has 2 unspecified atom stereocenters. The van der Waals surface area contributed by atoms with Gasteiger partial charge in [-0.15, -0.1) is 0 Å². The molecule has 2 N–H and O–H groups in total.